The first-order valence-corrected chi connectivity index (χ1v) is 10.9. The molecule has 0 aliphatic carbocycles. The highest BCUT2D eigenvalue weighted by atomic mass is 32.2. The monoisotopic (exact) mass is 431 g/mol. The Kier molecular flexibility index (Phi) is 5.68. The van der Waals surface area contributed by atoms with Gasteiger partial charge < -0.3 is 10.2 Å². The fourth-order valence-corrected chi connectivity index (χ4v) is 5.10. The molecule has 4 rings (SSSR count). The van der Waals surface area contributed by atoms with Crippen molar-refractivity contribution in [3.05, 3.63) is 64.0 Å². The van der Waals surface area contributed by atoms with Gasteiger partial charge >= 0.3 is 6.03 Å². The quantitative estimate of drug-likeness (QED) is 0.762. The molecular formula is C20H18FN3O3S2. The maximum absolute atomic E-state index is 13.0. The summed E-state index contributed by atoms with van der Waals surface area (Å²) in [5.74, 6) is -1.02. The van der Waals surface area contributed by atoms with Crippen LogP contribution in [0.4, 0.5) is 14.9 Å². The van der Waals surface area contributed by atoms with Crippen molar-refractivity contribution in [2.45, 2.75) is 17.7 Å². The van der Waals surface area contributed by atoms with E-state index in [2.05, 4.69) is 5.32 Å². The summed E-state index contributed by atoms with van der Waals surface area (Å²) in [5, 5.41) is 5.98. The van der Waals surface area contributed by atoms with E-state index in [0.717, 1.165) is 4.88 Å². The Morgan fingerprint density at radius 3 is 2.69 bits per heavy atom. The summed E-state index contributed by atoms with van der Waals surface area (Å²) in [5.41, 5.74) is 0.444. The van der Waals surface area contributed by atoms with E-state index in [4.69, 9.17) is 0 Å². The molecule has 1 saturated heterocycles. The molecule has 0 spiro atoms. The molecule has 9 heteroatoms. The first-order valence-electron chi connectivity index (χ1n) is 9.05. The SMILES string of the molecule is O=C(CN1C(=O)N(CCc2cccs2)C(=O)C2SC=CC21)Nc1ccc(F)cc1. The van der Waals surface area contributed by atoms with Crippen LogP contribution in [-0.4, -0.2) is 52.0 Å². The highest BCUT2D eigenvalue weighted by Gasteiger charge is 2.47. The summed E-state index contributed by atoms with van der Waals surface area (Å²) in [6.07, 6.45) is 2.37. The average Bonchev–Trinajstić information content (AvgIpc) is 3.39. The van der Waals surface area contributed by atoms with Gasteiger partial charge in [0.1, 0.15) is 17.6 Å². The lowest BCUT2D eigenvalue weighted by Gasteiger charge is -2.40. The number of fused-ring (bicyclic) bond motifs is 1. The van der Waals surface area contributed by atoms with Gasteiger partial charge in [0.05, 0.1) is 6.04 Å². The molecule has 2 unspecified atom stereocenters. The Bertz CT molecular complexity index is 946. The minimum absolute atomic E-state index is 0.189. The molecule has 29 heavy (non-hydrogen) atoms. The van der Waals surface area contributed by atoms with Crippen molar-refractivity contribution in [3.63, 3.8) is 0 Å². The van der Waals surface area contributed by atoms with Crippen molar-refractivity contribution in [3.8, 4) is 0 Å². The fourth-order valence-electron chi connectivity index (χ4n) is 3.34. The zero-order valence-corrected chi connectivity index (χ0v) is 16.9. The van der Waals surface area contributed by atoms with Crippen molar-refractivity contribution >= 4 is 46.6 Å². The molecule has 6 nitrogen and oxygen atoms in total. The fraction of sp³-hybridized carbons (Fsp3) is 0.250. The van der Waals surface area contributed by atoms with Crippen LogP contribution in [0.15, 0.2) is 53.3 Å². The average molecular weight is 432 g/mol. The third-order valence-electron chi connectivity index (χ3n) is 4.76. The van der Waals surface area contributed by atoms with Gasteiger partial charge in [0, 0.05) is 17.1 Å². The highest BCUT2D eigenvalue weighted by Crippen LogP contribution is 2.34. The predicted molar refractivity (Wildman–Crippen MR) is 111 cm³/mol. The summed E-state index contributed by atoms with van der Waals surface area (Å²) < 4.78 is 13.0. The Labute approximate surface area is 175 Å². The van der Waals surface area contributed by atoms with E-state index < -0.39 is 29.0 Å². The number of nitrogens with zero attached hydrogens (tertiary/aromatic N) is 2. The second-order valence-corrected chi connectivity index (χ2v) is 8.75. The molecule has 3 heterocycles. The van der Waals surface area contributed by atoms with Crippen LogP contribution in [0.1, 0.15) is 4.88 Å². The highest BCUT2D eigenvalue weighted by molar-refractivity contribution is 8.03. The van der Waals surface area contributed by atoms with Gasteiger partial charge in [0.15, 0.2) is 0 Å². The maximum atomic E-state index is 13.0. The molecule has 0 bridgehead atoms. The smallest absolute Gasteiger partial charge is 0.325 e. The molecule has 1 fully saturated rings. The number of hydrogen-bond acceptors (Lipinski definition) is 5. The van der Waals surface area contributed by atoms with Gasteiger partial charge in [-0.05, 0) is 47.5 Å². The number of halogens is 1. The van der Waals surface area contributed by atoms with E-state index in [0.29, 0.717) is 12.1 Å². The minimum atomic E-state index is -0.464. The van der Waals surface area contributed by atoms with Crippen molar-refractivity contribution in [2.24, 2.45) is 0 Å². The third-order valence-corrected chi connectivity index (χ3v) is 6.79. The maximum Gasteiger partial charge on any atom is 0.327 e. The topological polar surface area (TPSA) is 69.7 Å². The van der Waals surface area contributed by atoms with Crippen molar-refractivity contribution < 1.29 is 18.8 Å². The van der Waals surface area contributed by atoms with E-state index in [-0.39, 0.29) is 19.0 Å². The number of thioether (sulfide) groups is 1. The molecule has 0 saturated carbocycles. The Morgan fingerprint density at radius 2 is 1.97 bits per heavy atom. The molecule has 2 atom stereocenters. The molecule has 2 aliphatic heterocycles. The summed E-state index contributed by atoms with van der Waals surface area (Å²) in [6, 6.07) is 8.39. The third kappa shape index (κ3) is 4.20. The van der Waals surface area contributed by atoms with Crippen LogP contribution in [0.3, 0.4) is 0 Å². The van der Waals surface area contributed by atoms with Crippen LogP contribution in [0.2, 0.25) is 0 Å². The Balaban J connectivity index is 1.47. The molecule has 1 aromatic carbocycles. The number of urea groups is 1. The second kappa shape index (κ2) is 8.38. The molecule has 150 valence electrons. The van der Waals surface area contributed by atoms with Gasteiger partial charge in [-0.3, -0.25) is 14.5 Å². The standard InChI is InChI=1S/C20H18FN3O3S2/c21-13-3-5-14(6-4-13)22-17(25)12-24-16-8-11-29-18(16)19(26)23(20(24)27)9-7-15-2-1-10-28-15/h1-6,8,10-11,16,18H,7,9,12H2,(H,22,25). The van der Waals surface area contributed by atoms with Gasteiger partial charge in [-0.25, -0.2) is 9.18 Å². The number of benzene rings is 1. The van der Waals surface area contributed by atoms with E-state index in [1.165, 1.54) is 45.8 Å². The number of amides is 4. The van der Waals surface area contributed by atoms with Crippen LogP contribution in [-0.2, 0) is 16.0 Å². The zero-order valence-electron chi connectivity index (χ0n) is 15.3. The molecule has 2 aromatic rings. The van der Waals surface area contributed by atoms with Crippen LogP contribution < -0.4 is 5.32 Å². The second-order valence-electron chi connectivity index (χ2n) is 6.66. The van der Waals surface area contributed by atoms with Gasteiger partial charge in [-0.15, -0.1) is 23.1 Å². The summed E-state index contributed by atoms with van der Waals surface area (Å²) in [6.45, 7) is 0.0864. The number of rotatable bonds is 6. The van der Waals surface area contributed by atoms with E-state index in [9.17, 15) is 18.8 Å². The van der Waals surface area contributed by atoms with E-state index in [1.54, 1.807) is 22.8 Å². The van der Waals surface area contributed by atoms with Crippen molar-refractivity contribution in [2.75, 3.05) is 18.4 Å². The summed E-state index contributed by atoms with van der Waals surface area (Å²) >= 11 is 2.94. The minimum Gasteiger partial charge on any atom is -0.325 e. The lowest BCUT2D eigenvalue weighted by Crippen LogP contribution is -2.63. The van der Waals surface area contributed by atoms with Crippen LogP contribution >= 0.6 is 23.1 Å². The summed E-state index contributed by atoms with van der Waals surface area (Å²) in [4.78, 5) is 42.1. The lowest BCUT2D eigenvalue weighted by atomic mass is 10.1. The predicted octanol–water partition coefficient (Wildman–Crippen LogP) is 3.33. The van der Waals surface area contributed by atoms with Gasteiger partial charge in [-0.2, -0.15) is 0 Å². The van der Waals surface area contributed by atoms with Gasteiger partial charge in [0.2, 0.25) is 11.8 Å². The molecule has 1 aromatic heterocycles. The molecular weight excluding hydrogens is 413 g/mol. The Morgan fingerprint density at radius 1 is 1.17 bits per heavy atom. The van der Waals surface area contributed by atoms with Crippen LogP contribution in [0.25, 0.3) is 0 Å². The van der Waals surface area contributed by atoms with Crippen molar-refractivity contribution in [1.29, 1.82) is 0 Å². The first kappa shape index (κ1) is 19.7. The number of imide groups is 1. The van der Waals surface area contributed by atoms with Crippen LogP contribution in [0, 0.1) is 5.82 Å². The number of anilines is 1. The number of nitrogens with one attached hydrogen (secondary N) is 1. The molecule has 1 N–H and O–H groups in total. The lowest BCUT2D eigenvalue weighted by molar-refractivity contribution is -0.132. The molecule has 2 aliphatic rings. The molecule has 0 radical (unpaired) electrons. The van der Waals surface area contributed by atoms with E-state index in [1.807, 2.05) is 17.5 Å². The summed E-state index contributed by atoms with van der Waals surface area (Å²) in [7, 11) is 0. The largest absolute Gasteiger partial charge is 0.327 e. The number of thiophene rings is 1. The normalized spacial score (nSPS) is 20.9. The van der Waals surface area contributed by atoms with Crippen molar-refractivity contribution in [1.82, 2.24) is 9.80 Å². The first-order chi connectivity index (χ1) is 14.0. The number of carbonyl (C=O) groups excluding carboxylic acids is 3. The van der Waals surface area contributed by atoms with Gasteiger partial charge in [-0.1, -0.05) is 12.1 Å². The van der Waals surface area contributed by atoms with Crippen LogP contribution in [0.5, 0.6) is 0 Å². The van der Waals surface area contributed by atoms with E-state index >= 15 is 0 Å². The molecule has 4 amide bonds. The van der Waals surface area contributed by atoms with Gasteiger partial charge in [0.25, 0.3) is 0 Å². The number of hydrogen-bond donors (Lipinski definition) is 1. The Hall–Kier alpha value is -2.65. The zero-order chi connectivity index (χ0) is 20.4. The number of carbonyl (C=O) groups is 3.